The molecule has 0 bridgehead atoms. The van der Waals surface area contributed by atoms with E-state index in [1.807, 2.05) is 60.7 Å². The van der Waals surface area contributed by atoms with E-state index in [0.717, 1.165) is 70.7 Å². The molecule has 0 saturated carbocycles. The van der Waals surface area contributed by atoms with Gasteiger partial charge in [-0.1, -0.05) is 61.5 Å². The molecule has 39 heavy (non-hydrogen) atoms. The van der Waals surface area contributed by atoms with Gasteiger partial charge in [-0.25, -0.2) is 0 Å². The largest absolute Gasteiger partial charge is 1.00 e. The van der Waals surface area contributed by atoms with E-state index >= 15 is 0 Å². The number of quaternary nitrogens is 1. The number of esters is 1. The first-order chi connectivity index (χ1) is 18.3. The minimum atomic E-state index is -0.152. The van der Waals surface area contributed by atoms with Crippen molar-refractivity contribution in [1.82, 2.24) is 4.48 Å². The monoisotopic (exact) mass is 665 g/mol. The molecular weight excluding hydrogens is 625 g/mol. The summed E-state index contributed by atoms with van der Waals surface area (Å²) in [4.78, 5) is 12.1. The van der Waals surface area contributed by atoms with Gasteiger partial charge in [0.1, 0.15) is 23.8 Å². The van der Waals surface area contributed by atoms with Gasteiger partial charge < -0.3 is 38.2 Å². The van der Waals surface area contributed by atoms with Crippen LogP contribution in [-0.2, 0) is 22.6 Å². The third-order valence-corrected chi connectivity index (χ3v) is 6.52. The van der Waals surface area contributed by atoms with E-state index in [-0.39, 0.29) is 29.9 Å². The summed E-state index contributed by atoms with van der Waals surface area (Å²) in [5.41, 5.74) is 3.28. The van der Waals surface area contributed by atoms with Gasteiger partial charge in [0.25, 0.3) is 0 Å². The lowest BCUT2D eigenvalue weighted by Gasteiger charge is -2.23. The van der Waals surface area contributed by atoms with Crippen LogP contribution in [0.1, 0.15) is 49.7 Å². The molecule has 0 spiro atoms. The molecule has 5 nitrogen and oxygen atoms in total. The van der Waals surface area contributed by atoms with Crippen molar-refractivity contribution < 1.29 is 43.0 Å². The fraction of sp³-hybridized carbons (Fsp3) is 0.406. The van der Waals surface area contributed by atoms with Crippen LogP contribution in [0.25, 0.3) is 0 Å². The summed E-state index contributed by atoms with van der Waals surface area (Å²) in [5.74, 6) is 1.52. The molecular formula is C32H41ClINO4. The first-order valence-corrected chi connectivity index (χ1v) is 13.8. The Morgan fingerprint density at radius 1 is 0.667 bits per heavy atom. The van der Waals surface area contributed by atoms with Gasteiger partial charge in [-0.15, -0.1) is 0 Å². The van der Waals surface area contributed by atoms with Crippen LogP contribution >= 0.6 is 11.6 Å². The van der Waals surface area contributed by atoms with E-state index in [4.69, 9.17) is 25.8 Å². The summed E-state index contributed by atoms with van der Waals surface area (Å²) in [5, 5.41) is 0.724. The van der Waals surface area contributed by atoms with E-state index in [0.29, 0.717) is 26.2 Å². The predicted molar refractivity (Wildman–Crippen MR) is 156 cm³/mol. The summed E-state index contributed by atoms with van der Waals surface area (Å²) < 4.78 is 17.8. The highest BCUT2D eigenvalue weighted by molar-refractivity contribution is 6.30. The van der Waals surface area contributed by atoms with Crippen molar-refractivity contribution in [2.45, 2.75) is 51.6 Å². The number of carbonyl (C=O) groups is 1. The topological polar surface area (TPSA) is 44.8 Å². The van der Waals surface area contributed by atoms with E-state index < -0.39 is 0 Å². The molecule has 0 radical (unpaired) electrons. The number of ether oxygens (including phenoxy) is 3. The Morgan fingerprint density at radius 3 is 1.77 bits per heavy atom. The van der Waals surface area contributed by atoms with E-state index in [2.05, 4.69) is 33.3 Å². The zero-order valence-corrected chi connectivity index (χ0v) is 26.2. The smallest absolute Gasteiger partial charge is 0.310 e. The summed E-state index contributed by atoms with van der Waals surface area (Å²) in [6.45, 7) is 1.71. The maximum Gasteiger partial charge on any atom is 0.310 e. The Bertz CT molecular complexity index is 1100. The Hall–Kier alpha value is -2.29. The van der Waals surface area contributed by atoms with E-state index in [1.54, 1.807) is 0 Å². The quantitative estimate of drug-likeness (QED) is 0.0970. The number of carbonyl (C=O) groups excluding carboxylic acids is 1. The molecule has 0 heterocycles. The molecule has 0 unspecified atom stereocenters. The molecule has 0 amide bonds. The van der Waals surface area contributed by atoms with Crippen LogP contribution in [0.15, 0.2) is 72.8 Å². The Kier molecular flexibility index (Phi) is 14.7. The predicted octanol–water partition coefficient (Wildman–Crippen LogP) is 4.63. The molecule has 3 aromatic rings. The van der Waals surface area contributed by atoms with Crippen LogP contribution in [0, 0.1) is 0 Å². The van der Waals surface area contributed by atoms with Crippen LogP contribution in [0.2, 0.25) is 5.02 Å². The summed E-state index contributed by atoms with van der Waals surface area (Å²) in [6.07, 6.45) is 6.77. The highest BCUT2D eigenvalue weighted by atomic mass is 127. The summed E-state index contributed by atoms with van der Waals surface area (Å²) in [6, 6.07) is 23.6. The third kappa shape index (κ3) is 13.1. The molecule has 0 atom stereocenters. The lowest BCUT2D eigenvalue weighted by molar-refractivity contribution is -0.142. The van der Waals surface area contributed by atoms with Crippen LogP contribution in [0.4, 0.5) is 5.69 Å². The van der Waals surface area contributed by atoms with Gasteiger partial charge in [0.05, 0.1) is 40.8 Å². The molecule has 3 rings (SSSR count). The van der Waals surface area contributed by atoms with Crippen molar-refractivity contribution in [3.05, 3.63) is 88.9 Å². The normalized spacial score (nSPS) is 11.0. The molecule has 3 aromatic carbocycles. The highest BCUT2D eigenvalue weighted by Gasteiger charge is 2.12. The van der Waals surface area contributed by atoms with Crippen LogP contribution in [0.3, 0.4) is 0 Å². The van der Waals surface area contributed by atoms with Crippen LogP contribution < -0.4 is 37.9 Å². The summed E-state index contributed by atoms with van der Waals surface area (Å²) >= 11 is 5.91. The van der Waals surface area contributed by atoms with Crippen molar-refractivity contribution >= 4 is 23.3 Å². The second-order valence-electron chi connectivity index (χ2n) is 10.4. The van der Waals surface area contributed by atoms with Crippen LogP contribution in [0.5, 0.6) is 11.5 Å². The molecule has 0 N–H and O–H groups in total. The van der Waals surface area contributed by atoms with Crippen molar-refractivity contribution in [2.24, 2.45) is 0 Å². The molecule has 0 saturated heterocycles. The van der Waals surface area contributed by atoms with Crippen molar-refractivity contribution in [3.63, 3.8) is 0 Å². The third-order valence-electron chi connectivity index (χ3n) is 6.27. The van der Waals surface area contributed by atoms with Crippen molar-refractivity contribution in [1.29, 1.82) is 0 Å². The van der Waals surface area contributed by atoms with Gasteiger partial charge in [0.2, 0.25) is 0 Å². The minimum Gasteiger partial charge on any atom is -1.00 e. The molecule has 212 valence electrons. The average molecular weight is 666 g/mol. The number of unbranched alkanes of at least 4 members (excludes halogenated alkanes) is 5. The molecule has 7 heteroatoms. The maximum absolute atomic E-state index is 12.1. The van der Waals surface area contributed by atoms with Gasteiger partial charge >= 0.3 is 5.97 Å². The molecule has 0 fully saturated rings. The van der Waals surface area contributed by atoms with Gasteiger partial charge in [0, 0.05) is 5.02 Å². The zero-order chi connectivity index (χ0) is 27.2. The summed E-state index contributed by atoms with van der Waals surface area (Å²) in [7, 11) is 6.37. The zero-order valence-electron chi connectivity index (χ0n) is 23.3. The number of hydrogen-bond acceptors (Lipinski definition) is 4. The van der Waals surface area contributed by atoms with Crippen molar-refractivity contribution in [2.75, 3.05) is 34.4 Å². The standard InChI is InChI=1S/C32H41ClNO4.HI/c1-34(2,3)29-16-12-26(13-17-29)24-32(35)37-23-9-7-5-4-6-8-22-36-30-18-20-31(21-19-30)38-25-27-10-14-28(33)15-11-27;/h10-21H,4-9,22-25H2,1-3H3;1H/q+1;/p-1. The Balaban J connectivity index is 0.00000533. The van der Waals surface area contributed by atoms with Gasteiger partial charge in [-0.05, 0) is 72.5 Å². The first kappa shape index (κ1) is 32.9. The second-order valence-corrected chi connectivity index (χ2v) is 10.9. The minimum absolute atomic E-state index is 0. The van der Waals surface area contributed by atoms with E-state index in [9.17, 15) is 4.79 Å². The molecule has 0 aliphatic heterocycles. The lowest BCUT2D eigenvalue weighted by Crippen LogP contribution is -3.00. The second kappa shape index (κ2) is 17.4. The van der Waals surface area contributed by atoms with Crippen molar-refractivity contribution in [3.8, 4) is 11.5 Å². The molecule has 0 aliphatic rings. The number of halogens is 2. The average Bonchev–Trinajstić information content (AvgIpc) is 2.90. The number of nitrogens with zero attached hydrogens (tertiary/aromatic N) is 1. The van der Waals surface area contributed by atoms with Gasteiger partial charge in [-0.3, -0.25) is 9.28 Å². The lowest BCUT2D eigenvalue weighted by atomic mass is 10.1. The van der Waals surface area contributed by atoms with Crippen LogP contribution in [-0.4, -0.2) is 40.3 Å². The van der Waals surface area contributed by atoms with Gasteiger partial charge in [0.15, 0.2) is 0 Å². The first-order valence-electron chi connectivity index (χ1n) is 13.5. The Morgan fingerprint density at radius 2 is 1.18 bits per heavy atom. The maximum atomic E-state index is 12.1. The Labute approximate surface area is 256 Å². The van der Waals surface area contributed by atoms with Gasteiger partial charge in [-0.2, -0.15) is 0 Å². The number of hydrogen-bond donors (Lipinski definition) is 0. The fourth-order valence-electron chi connectivity index (χ4n) is 3.95. The number of rotatable bonds is 16. The number of benzene rings is 3. The fourth-order valence-corrected chi connectivity index (χ4v) is 4.07. The highest BCUT2D eigenvalue weighted by Crippen LogP contribution is 2.20. The molecule has 0 aromatic heterocycles. The van der Waals surface area contributed by atoms with E-state index in [1.165, 1.54) is 5.69 Å². The molecule has 0 aliphatic carbocycles. The SMILES string of the molecule is C[N+](C)(C)c1ccc(CC(=O)OCCCCCCCCOc2ccc(OCc3ccc(Cl)cc3)cc2)cc1.[I-].